The van der Waals surface area contributed by atoms with Gasteiger partial charge in [-0.1, -0.05) is 6.07 Å². The van der Waals surface area contributed by atoms with E-state index in [0.29, 0.717) is 25.1 Å². The van der Waals surface area contributed by atoms with E-state index in [-0.39, 0.29) is 11.9 Å². The molecule has 0 spiro atoms. The quantitative estimate of drug-likeness (QED) is 0.835. The van der Waals surface area contributed by atoms with Crippen molar-refractivity contribution in [2.45, 2.75) is 53.1 Å². The Bertz CT molecular complexity index is 784. The van der Waals surface area contributed by atoms with Gasteiger partial charge in [0.15, 0.2) is 0 Å². The van der Waals surface area contributed by atoms with Crippen LogP contribution < -0.4 is 0 Å². The summed E-state index contributed by atoms with van der Waals surface area (Å²) in [5, 5.41) is 1.07. The third-order valence-corrected chi connectivity index (χ3v) is 3.96. The number of nitrogens with one attached hydrogen (secondary N) is 1. The highest BCUT2D eigenvalue weighted by atomic mass is 16.6. The Morgan fingerprint density at radius 1 is 1.16 bits per heavy atom. The summed E-state index contributed by atoms with van der Waals surface area (Å²) in [5.74, 6) is -0.303. The third kappa shape index (κ3) is 5.08. The number of aromatic nitrogens is 1. The lowest BCUT2D eigenvalue weighted by atomic mass is 10.1. The van der Waals surface area contributed by atoms with E-state index < -0.39 is 5.60 Å². The van der Waals surface area contributed by atoms with E-state index in [9.17, 15) is 9.59 Å². The zero-order valence-corrected chi connectivity index (χ0v) is 16.0. The number of benzene rings is 1. The number of hydrogen-bond donors (Lipinski definition) is 1. The molecule has 0 radical (unpaired) electrons. The second-order valence-electron chi connectivity index (χ2n) is 7.64. The van der Waals surface area contributed by atoms with Crippen molar-refractivity contribution in [2.75, 3.05) is 13.6 Å². The molecule has 2 aromatic rings. The minimum Gasteiger partial charge on any atom is -0.460 e. The number of aryl methyl sites for hydroxylation is 2. The summed E-state index contributed by atoms with van der Waals surface area (Å²) in [6.45, 7) is 10.1. The van der Waals surface area contributed by atoms with Gasteiger partial charge < -0.3 is 14.6 Å². The van der Waals surface area contributed by atoms with Crippen molar-refractivity contribution in [1.82, 2.24) is 9.88 Å². The molecule has 136 valence electrons. The van der Waals surface area contributed by atoms with Gasteiger partial charge >= 0.3 is 5.97 Å². The topological polar surface area (TPSA) is 62.4 Å². The Labute approximate surface area is 149 Å². The molecular weight excluding hydrogens is 316 g/mol. The summed E-state index contributed by atoms with van der Waals surface area (Å²) < 4.78 is 5.28. The maximum absolute atomic E-state index is 12.6. The van der Waals surface area contributed by atoms with Crippen LogP contribution in [0.2, 0.25) is 0 Å². The predicted molar refractivity (Wildman–Crippen MR) is 99.8 cm³/mol. The Kier molecular flexibility index (Phi) is 5.55. The number of hydrogen-bond acceptors (Lipinski definition) is 3. The van der Waals surface area contributed by atoms with Crippen LogP contribution in [0.1, 0.15) is 55.2 Å². The van der Waals surface area contributed by atoms with Crippen molar-refractivity contribution in [2.24, 2.45) is 0 Å². The molecule has 0 aliphatic carbocycles. The summed E-state index contributed by atoms with van der Waals surface area (Å²) in [4.78, 5) is 29.2. The van der Waals surface area contributed by atoms with Gasteiger partial charge in [-0.15, -0.1) is 0 Å². The molecule has 25 heavy (non-hydrogen) atoms. The zero-order valence-electron chi connectivity index (χ0n) is 16.0. The molecule has 0 unspecified atom stereocenters. The van der Waals surface area contributed by atoms with Crippen molar-refractivity contribution >= 4 is 22.8 Å². The predicted octanol–water partition coefficient (Wildman–Crippen LogP) is 3.98. The molecule has 0 fully saturated rings. The minimum atomic E-state index is -0.473. The summed E-state index contributed by atoms with van der Waals surface area (Å²) in [7, 11) is 1.75. The van der Waals surface area contributed by atoms with Crippen LogP contribution in [-0.4, -0.2) is 41.0 Å². The highest BCUT2D eigenvalue weighted by Gasteiger charge is 2.18. The fourth-order valence-corrected chi connectivity index (χ4v) is 2.87. The first-order chi connectivity index (χ1) is 11.6. The van der Waals surface area contributed by atoms with Gasteiger partial charge in [0.05, 0.1) is 0 Å². The van der Waals surface area contributed by atoms with Crippen LogP contribution in [0.25, 0.3) is 10.9 Å². The van der Waals surface area contributed by atoms with Crippen LogP contribution in [0.3, 0.4) is 0 Å². The average molecular weight is 344 g/mol. The lowest BCUT2D eigenvalue weighted by Crippen LogP contribution is -2.29. The fraction of sp³-hybridized carbons (Fsp3) is 0.500. The lowest BCUT2D eigenvalue weighted by Gasteiger charge is -2.20. The van der Waals surface area contributed by atoms with E-state index in [2.05, 4.69) is 11.1 Å². The molecule has 5 nitrogen and oxygen atoms in total. The Hall–Kier alpha value is -2.30. The fourth-order valence-electron chi connectivity index (χ4n) is 2.87. The second-order valence-corrected chi connectivity index (χ2v) is 7.64. The summed E-state index contributed by atoms with van der Waals surface area (Å²) in [6.07, 6.45) is 0.884. The number of aromatic amines is 1. The average Bonchev–Trinajstić information content (AvgIpc) is 2.88. The molecule has 0 atom stereocenters. The monoisotopic (exact) mass is 344 g/mol. The van der Waals surface area contributed by atoms with E-state index in [1.54, 1.807) is 11.9 Å². The molecule has 5 heteroatoms. The molecule has 1 heterocycles. The molecule has 1 aromatic carbocycles. The number of carbonyl (C=O) groups excluding carboxylic acids is 2. The van der Waals surface area contributed by atoms with Gasteiger partial charge in [-0.3, -0.25) is 9.59 Å². The van der Waals surface area contributed by atoms with E-state index in [1.165, 1.54) is 0 Å². The van der Waals surface area contributed by atoms with Gasteiger partial charge in [-0.05, 0) is 64.3 Å². The molecule has 1 amide bonds. The molecule has 0 aliphatic heterocycles. The van der Waals surface area contributed by atoms with Gasteiger partial charge in [0, 0.05) is 30.9 Å². The van der Waals surface area contributed by atoms with Crippen molar-refractivity contribution < 1.29 is 14.3 Å². The SMILES string of the molecule is Cc1cc(C)c2cc(C(=O)N(C)CCCC(=O)OC(C)(C)C)[nH]c2c1. The third-order valence-electron chi connectivity index (χ3n) is 3.96. The molecule has 1 N–H and O–H groups in total. The highest BCUT2D eigenvalue weighted by molar-refractivity contribution is 5.98. The molecule has 0 bridgehead atoms. The molecule has 1 aromatic heterocycles. The molecule has 0 aliphatic rings. The number of fused-ring (bicyclic) bond motifs is 1. The number of nitrogens with zero attached hydrogens (tertiary/aromatic N) is 1. The molecule has 2 rings (SSSR count). The van der Waals surface area contributed by atoms with Gasteiger partial charge in [0.25, 0.3) is 5.91 Å². The second kappa shape index (κ2) is 7.30. The normalized spacial score (nSPS) is 11.6. The van der Waals surface area contributed by atoms with Crippen LogP contribution in [0.15, 0.2) is 18.2 Å². The number of rotatable bonds is 5. The molecule has 0 saturated carbocycles. The lowest BCUT2D eigenvalue weighted by molar-refractivity contribution is -0.154. The summed E-state index contributed by atoms with van der Waals surface area (Å²) in [5.41, 5.74) is 3.39. The maximum Gasteiger partial charge on any atom is 0.306 e. The molecular formula is C20H28N2O3. The van der Waals surface area contributed by atoms with E-state index in [0.717, 1.165) is 22.0 Å². The number of amides is 1. The number of H-pyrrole nitrogens is 1. The molecule has 0 saturated heterocycles. The standard InChI is InChI=1S/C20H28N2O3/c1-13-10-14(2)15-12-17(21-16(15)11-13)19(24)22(6)9-7-8-18(23)25-20(3,4)5/h10-12,21H,7-9H2,1-6H3. The van der Waals surface area contributed by atoms with Crippen molar-refractivity contribution in [3.63, 3.8) is 0 Å². The van der Waals surface area contributed by atoms with E-state index >= 15 is 0 Å². The van der Waals surface area contributed by atoms with Crippen LogP contribution in [0.5, 0.6) is 0 Å². The van der Waals surface area contributed by atoms with Crippen LogP contribution >= 0.6 is 0 Å². The van der Waals surface area contributed by atoms with Gasteiger partial charge in [-0.2, -0.15) is 0 Å². The Morgan fingerprint density at radius 2 is 1.84 bits per heavy atom. The number of carbonyl (C=O) groups is 2. The van der Waals surface area contributed by atoms with E-state index in [4.69, 9.17) is 4.74 Å². The smallest absolute Gasteiger partial charge is 0.306 e. The van der Waals surface area contributed by atoms with Crippen LogP contribution in [0.4, 0.5) is 0 Å². The summed E-state index contributed by atoms with van der Waals surface area (Å²) in [6, 6.07) is 6.05. The highest BCUT2D eigenvalue weighted by Crippen LogP contribution is 2.22. The van der Waals surface area contributed by atoms with Crippen molar-refractivity contribution in [1.29, 1.82) is 0 Å². The van der Waals surface area contributed by atoms with Gasteiger partial charge in [0.2, 0.25) is 0 Å². The Morgan fingerprint density at radius 3 is 2.48 bits per heavy atom. The largest absolute Gasteiger partial charge is 0.460 e. The minimum absolute atomic E-state index is 0.0718. The van der Waals surface area contributed by atoms with Crippen molar-refractivity contribution in [3.05, 3.63) is 35.0 Å². The van der Waals surface area contributed by atoms with E-state index in [1.807, 2.05) is 46.8 Å². The van der Waals surface area contributed by atoms with Gasteiger partial charge in [0.1, 0.15) is 11.3 Å². The zero-order chi connectivity index (χ0) is 18.8. The first kappa shape index (κ1) is 19.0. The Balaban J connectivity index is 1.96. The van der Waals surface area contributed by atoms with Crippen molar-refractivity contribution in [3.8, 4) is 0 Å². The van der Waals surface area contributed by atoms with Gasteiger partial charge in [-0.25, -0.2) is 0 Å². The first-order valence-corrected chi connectivity index (χ1v) is 8.64. The maximum atomic E-state index is 12.6. The first-order valence-electron chi connectivity index (χ1n) is 8.64. The summed E-state index contributed by atoms with van der Waals surface area (Å²) >= 11 is 0. The number of ether oxygens (including phenoxy) is 1. The number of esters is 1. The van der Waals surface area contributed by atoms with Crippen LogP contribution in [0, 0.1) is 13.8 Å². The van der Waals surface area contributed by atoms with Crippen LogP contribution in [-0.2, 0) is 9.53 Å².